The molecule has 154 valence electrons. The number of carbonyl (C=O) groups is 1. The second-order valence-corrected chi connectivity index (χ2v) is 9.03. The summed E-state index contributed by atoms with van der Waals surface area (Å²) in [5.74, 6) is 0.807. The molecule has 3 N–H and O–H groups in total. The van der Waals surface area contributed by atoms with E-state index in [9.17, 15) is 4.79 Å². The normalized spacial score (nSPS) is 23.0. The molecule has 1 aromatic rings. The number of hydrogen-bond donors (Lipinski definition) is 2. The Morgan fingerprint density at radius 2 is 2.11 bits per heavy atom. The first kappa shape index (κ1) is 20.6. The lowest BCUT2D eigenvalue weighted by Gasteiger charge is -2.31. The molecular formula is C22H35N5O. The predicted molar refractivity (Wildman–Crippen MR) is 114 cm³/mol. The van der Waals surface area contributed by atoms with Crippen LogP contribution in [0.15, 0.2) is 29.3 Å². The highest BCUT2D eigenvalue weighted by Crippen LogP contribution is 2.28. The van der Waals surface area contributed by atoms with E-state index < -0.39 is 0 Å². The minimum atomic E-state index is -0.167. The molecule has 28 heavy (non-hydrogen) atoms. The van der Waals surface area contributed by atoms with Crippen molar-refractivity contribution in [2.75, 3.05) is 33.2 Å². The van der Waals surface area contributed by atoms with E-state index in [1.165, 1.54) is 17.5 Å². The Labute approximate surface area is 169 Å². The number of amides is 1. The van der Waals surface area contributed by atoms with Crippen LogP contribution in [0.4, 0.5) is 0 Å². The zero-order valence-corrected chi connectivity index (χ0v) is 17.6. The Balaban J connectivity index is 1.55. The van der Waals surface area contributed by atoms with E-state index in [1.54, 1.807) is 0 Å². The number of primary amides is 1. The number of piperidine rings is 1. The van der Waals surface area contributed by atoms with Crippen LogP contribution in [0.25, 0.3) is 0 Å². The molecule has 0 saturated carbocycles. The lowest BCUT2D eigenvalue weighted by atomic mass is 9.93. The van der Waals surface area contributed by atoms with Crippen LogP contribution in [0.5, 0.6) is 0 Å². The predicted octanol–water partition coefficient (Wildman–Crippen LogP) is 2.19. The first-order valence-electron chi connectivity index (χ1n) is 10.4. The minimum absolute atomic E-state index is 0.00775. The molecule has 1 unspecified atom stereocenters. The molecular weight excluding hydrogens is 350 g/mol. The molecule has 0 bridgehead atoms. The van der Waals surface area contributed by atoms with Crippen LogP contribution in [0.1, 0.15) is 44.2 Å². The molecule has 2 fully saturated rings. The van der Waals surface area contributed by atoms with Gasteiger partial charge in [-0.2, -0.15) is 0 Å². The van der Waals surface area contributed by atoms with Gasteiger partial charge in [0.25, 0.3) is 0 Å². The maximum atomic E-state index is 11.5. The second kappa shape index (κ2) is 8.95. The third kappa shape index (κ3) is 5.47. The fourth-order valence-corrected chi connectivity index (χ4v) is 4.33. The van der Waals surface area contributed by atoms with Gasteiger partial charge in [-0.1, -0.05) is 38.1 Å². The van der Waals surface area contributed by atoms with Crippen LogP contribution in [0.2, 0.25) is 0 Å². The van der Waals surface area contributed by atoms with Crippen molar-refractivity contribution in [2.24, 2.45) is 22.1 Å². The molecule has 2 aliphatic rings. The van der Waals surface area contributed by atoms with Crippen molar-refractivity contribution in [3.63, 3.8) is 0 Å². The smallest absolute Gasteiger partial charge is 0.221 e. The van der Waals surface area contributed by atoms with Crippen molar-refractivity contribution >= 4 is 11.9 Å². The largest absolute Gasteiger partial charge is 0.369 e. The fraction of sp³-hybridized carbons (Fsp3) is 0.636. The van der Waals surface area contributed by atoms with Gasteiger partial charge in [-0.3, -0.25) is 14.7 Å². The van der Waals surface area contributed by atoms with Crippen LogP contribution < -0.4 is 11.1 Å². The van der Waals surface area contributed by atoms with Gasteiger partial charge in [0.05, 0.1) is 5.92 Å². The zero-order chi connectivity index (χ0) is 20.1. The first-order valence-corrected chi connectivity index (χ1v) is 10.4. The first-order chi connectivity index (χ1) is 13.4. The van der Waals surface area contributed by atoms with Crippen molar-refractivity contribution in [1.29, 1.82) is 0 Å². The number of guanidine groups is 1. The van der Waals surface area contributed by atoms with Gasteiger partial charge in [-0.05, 0) is 42.3 Å². The van der Waals surface area contributed by atoms with Crippen molar-refractivity contribution < 1.29 is 4.79 Å². The number of nitrogens with two attached hydrogens (primary N) is 1. The standard InChI is InChI=1S/C22H35N5O/c1-22(2)9-11-27(16-22)21(24-3)25-13-17-6-4-7-18(12-17)14-26-10-5-8-19(15-26)20(23)28/h4,6-7,12,19H,5,8-11,13-16H2,1-3H3,(H2,23,28)(H,24,25). The topological polar surface area (TPSA) is 74.0 Å². The van der Waals surface area contributed by atoms with Crippen molar-refractivity contribution in [3.05, 3.63) is 35.4 Å². The molecule has 1 aromatic carbocycles. The minimum Gasteiger partial charge on any atom is -0.369 e. The van der Waals surface area contributed by atoms with Gasteiger partial charge >= 0.3 is 0 Å². The van der Waals surface area contributed by atoms with Gasteiger partial charge < -0.3 is 16.0 Å². The summed E-state index contributed by atoms with van der Waals surface area (Å²) in [6, 6.07) is 8.68. The Kier molecular flexibility index (Phi) is 6.60. The van der Waals surface area contributed by atoms with Gasteiger partial charge in [0.2, 0.25) is 5.91 Å². The highest BCUT2D eigenvalue weighted by molar-refractivity contribution is 5.80. The van der Waals surface area contributed by atoms with Gasteiger partial charge in [0.1, 0.15) is 0 Å². The Morgan fingerprint density at radius 3 is 2.79 bits per heavy atom. The average molecular weight is 386 g/mol. The number of carbonyl (C=O) groups excluding carboxylic acids is 1. The molecule has 0 aromatic heterocycles. The monoisotopic (exact) mass is 385 g/mol. The number of aliphatic imine (C=N–C) groups is 1. The lowest BCUT2D eigenvalue weighted by molar-refractivity contribution is -0.123. The summed E-state index contributed by atoms with van der Waals surface area (Å²) in [4.78, 5) is 20.7. The van der Waals surface area contributed by atoms with Crippen LogP contribution in [0.3, 0.4) is 0 Å². The molecule has 2 heterocycles. The van der Waals surface area contributed by atoms with E-state index in [1.807, 2.05) is 7.05 Å². The van der Waals surface area contributed by atoms with Crippen molar-refractivity contribution in [2.45, 2.75) is 46.2 Å². The Bertz CT molecular complexity index is 715. The molecule has 3 rings (SSSR count). The SMILES string of the molecule is CN=C(NCc1cccc(CN2CCCC(C(N)=O)C2)c1)N1CCC(C)(C)C1. The lowest BCUT2D eigenvalue weighted by Crippen LogP contribution is -2.40. The van der Waals surface area contributed by atoms with Crippen LogP contribution in [0, 0.1) is 11.3 Å². The van der Waals surface area contributed by atoms with E-state index in [4.69, 9.17) is 5.73 Å². The van der Waals surface area contributed by atoms with Gasteiger partial charge in [-0.25, -0.2) is 0 Å². The Morgan fingerprint density at radius 1 is 1.32 bits per heavy atom. The second-order valence-electron chi connectivity index (χ2n) is 9.03. The highest BCUT2D eigenvalue weighted by atomic mass is 16.1. The van der Waals surface area contributed by atoms with Gasteiger partial charge in [0.15, 0.2) is 5.96 Å². The number of nitrogens with zero attached hydrogens (tertiary/aromatic N) is 3. The van der Waals surface area contributed by atoms with E-state index >= 15 is 0 Å². The molecule has 2 saturated heterocycles. The average Bonchev–Trinajstić information content (AvgIpc) is 3.02. The van der Waals surface area contributed by atoms with Crippen molar-refractivity contribution in [3.8, 4) is 0 Å². The molecule has 2 aliphatic heterocycles. The summed E-state index contributed by atoms with van der Waals surface area (Å²) < 4.78 is 0. The zero-order valence-electron chi connectivity index (χ0n) is 17.6. The molecule has 1 amide bonds. The molecule has 6 heteroatoms. The number of benzene rings is 1. The number of rotatable bonds is 5. The maximum absolute atomic E-state index is 11.5. The van der Waals surface area contributed by atoms with Crippen molar-refractivity contribution in [1.82, 2.24) is 15.1 Å². The molecule has 0 spiro atoms. The number of likely N-dealkylation sites (tertiary alicyclic amines) is 2. The Hall–Kier alpha value is -2.08. The van der Waals surface area contributed by atoms with E-state index in [-0.39, 0.29) is 11.8 Å². The summed E-state index contributed by atoms with van der Waals surface area (Å²) >= 11 is 0. The molecule has 0 radical (unpaired) electrons. The summed E-state index contributed by atoms with van der Waals surface area (Å²) in [7, 11) is 1.86. The summed E-state index contributed by atoms with van der Waals surface area (Å²) in [5, 5.41) is 3.52. The number of hydrogen-bond acceptors (Lipinski definition) is 3. The summed E-state index contributed by atoms with van der Waals surface area (Å²) in [6.45, 7) is 10.2. The summed E-state index contributed by atoms with van der Waals surface area (Å²) in [6.07, 6.45) is 3.16. The van der Waals surface area contributed by atoms with Crippen LogP contribution in [-0.2, 0) is 17.9 Å². The van der Waals surface area contributed by atoms with Crippen LogP contribution >= 0.6 is 0 Å². The van der Waals surface area contributed by atoms with E-state index in [0.717, 1.165) is 58.1 Å². The molecule has 6 nitrogen and oxygen atoms in total. The highest BCUT2D eigenvalue weighted by Gasteiger charge is 2.30. The van der Waals surface area contributed by atoms with Crippen LogP contribution in [-0.4, -0.2) is 54.9 Å². The van der Waals surface area contributed by atoms with E-state index in [2.05, 4.69) is 58.2 Å². The quantitative estimate of drug-likeness (QED) is 0.602. The fourth-order valence-electron chi connectivity index (χ4n) is 4.33. The summed E-state index contributed by atoms with van der Waals surface area (Å²) in [5.41, 5.74) is 8.39. The number of nitrogens with one attached hydrogen (secondary N) is 1. The third-order valence-corrected chi connectivity index (χ3v) is 5.94. The maximum Gasteiger partial charge on any atom is 0.221 e. The van der Waals surface area contributed by atoms with Gasteiger partial charge in [-0.15, -0.1) is 0 Å². The van der Waals surface area contributed by atoms with Gasteiger partial charge in [0, 0.05) is 39.8 Å². The third-order valence-electron chi connectivity index (χ3n) is 5.94. The molecule has 0 aliphatic carbocycles. The molecule has 1 atom stereocenters. The van der Waals surface area contributed by atoms with E-state index in [0.29, 0.717) is 5.41 Å².